The summed E-state index contributed by atoms with van der Waals surface area (Å²) in [5, 5.41) is 28.1. The van der Waals surface area contributed by atoms with Gasteiger partial charge in [-0.2, -0.15) is 0 Å². The quantitative estimate of drug-likeness (QED) is 0.213. The molecule has 0 saturated heterocycles. The minimum absolute atomic E-state index is 0.0239. The normalized spacial score (nSPS) is 12.4. The van der Waals surface area contributed by atoms with E-state index in [-0.39, 0.29) is 18.7 Å². The molecular weight excluding hydrogens is 481 g/mol. The number of aliphatic hydroxyl groups is 2. The van der Waals surface area contributed by atoms with Crippen molar-refractivity contribution >= 4 is 50.3 Å². The number of anilines is 4. The molecule has 2 aromatic heterocycles. The van der Waals surface area contributed by atoms with Crippen LogP contribution in [0.15, 0.2) is 60.2 Å². The van der Waals surface area contributed by atoms with Crippen LogP contribution in [0.3, 0.4) is 0 Å². The van der Waals surface area contributed by atoms with Gasteiger partial charge >= 0.3 is 0 Å². The summed E-state index contributed by atoms with van der Waals surface area (Å²) < 4.78 is 15.2. The van der Waals surface area contributed by atoms with Gasteiger partial charge in [0.1, 0.15) is 12.0 Å². The molecule has 1 unspecified atom stereocenters. The van der Waals surface area contributed by atoms with Gasteiger partial charge in [0.05, 0.1) is 39.1 Å². The van der Waals surface area contributed by atoms with E-state index in [9.17, 15) is 19.4 Å². The van der Waals surface area contributed by atoms with E-state index in [0.29, 0.717) is 17.9 Å². The van der Waals surface area contributed by atoms with Crippen LogP contribution in [0, 0.1) is 0 Å². The number of alkyl halides is 1. The minimum Gasteiger partial charge on any atom is -0.396 e. The lowest BCUT2D eigenvalue weighted by molar-refractivity contribution is -0.00177. The molecule has 8 nitrogen and oxygen atoms in total. The van der Waals surface area contributed by atoms with Gasteiger partial charge in [0.15, 0.2) is 0 Å². The molecule has 5 N–H and O–H groups in total. The Hall–Kier alpha value is -3.60. The predicted molar refractivity (Wildman–Crippen MR) is 141 cm³/mol. The van der Waals surface area contributed by atoms with Crippen LogP contribution < -0.4 is 16.0 Å². The molecule has 0 saturated carbocycles. The van der Waals surface area contributed by atoms with Crippen molar-refractivity contribution in [3.8, 4) is 0 Å². The molecule has 1 amide bonds. The summed E-state index contributed by atoms with van der Waals surface area (Å²) in [5.41, 5.74) is 4.27. The lowest BCUT2D eigenvalue weighted by Gasteiger charge is -2.22. The molecule has 0 spiro atoms. The summed E-state index contributed by atoms with van der Waals surface area (Å²) in [5.74, 6) is -0.0228. The van der Waals surface area contributed by atoms with Crippen molar-refractivity contribution in [2.45, 2.75) is 32.0 Å². The van der Waals surface area contributed by atoms with Crippen molar-refractivity contribution in [2.75, 3.05) is 23.8 Å². The molecule has 4 rings (SSSR count). The summed E-state index contributed by atoms with van der Waals surface area (Å²) >= 11 is 1.53. The Balaban J connectivity index is 1.61. The highest BCUT2D eigenvalue weighted by Gasteiger charge is 2.27. The lowest BCUT2D eigenvalue weighted by Crippen LogP contribution is -2.42. The van der Waals surface area contributed by atoms with E-state index in [1.165, 1.54) is 31.4 Å². The van der Waals surface area contributed by atoms with E-state index in [1.807, 2.05) is 42.5 Å². The number of carbonyl (C=O) groups excluding carboxylic acids is 1. The van der Waals surface area contributed by atoms with Crippen LogP contribution in [-0.4, -0.2) is 51.0 Å². The van der Waals surface area contributed by atoms with Gasteiger partial charge in [-0.3, -0.25) is 4.79 Å². The molecule has 0 fully saturated rings. The van der Waals surface area contributed by atoms with Crippen molar-refractivity contribution in [3.63, 3.8) is 0 Å². The number of amides is 1. The first kappa shape index (κ1) is 25.5. The molecule has 0 aliphatic carbocycles. The number of hydrogen-bond donors (Lipinski definition) is 5. The third-order valence-corrected chi connectivity index (χ3v) is 6.36. The number of rotatable bonds is 10. The molecule has 0 bridgehead atoms. The fraction of sp³-hybridized carbons (Fsp3) is 0.269. The van der Waals surface area contributed by atoms with Crippen LogP contribution in [-0.2, 0) is 6.42 Å². The second-order valence-electron chi connectivity index (χ2n) is 8.91. The molecular formula is C26H28FN5O3S. The number of nitrogens with one attached hydrogen (secondary N) is 3. The largest absolute Gasteiger partial charge is 0.396 e. The summed E-state index contributed by atoms with van der Waals surface area (Å²) in [7, 11) is 0. The van der Waals surface area contributed by atoms with Gasteiger partial charge < -0.3 is 26.2 Å². The molecule has 2 aromatic carbocycles. The van der Waals surface area contributed by atoms with Crippen LogP contribution in [0.1, 0.15) is 29.8 Å². The Morgan fingerprint density at radius 1 is 1.11 bits per heavy atom. The monoisotopic (exact) mass is 509 g/mol. The fourth-order valence-corrected chi connectivity index (χ4v) is 4.22. The first-order chi connectivity index (χ1) is 17.2. The summed E-state index contributed by atoms with van der Waals surface area (Å²) in [6, 6.07) is 15.0. The number of aromatic nitrogens is 2. The number of nitrogens with zero attached hydrogens (tertiary/aromatic N) is 2. The zero-order chi connectivity index (χ0) is 25.7. The first-order valence-electron chi connectivity index (χ1n) is 11.4. The van der Waals surface area contributed by atoms with Crippen molar-refractivity contribution < 1.29 is 19.4 Å². The van der Waals surface area contributed by atoms with Crippen LogP contribution >= 0.6 is 11.3 Å². The van der Waals surface area contributed by atoms with Crippen molar-refractivity contribution in [1.82, 2.24) is 15.3 Å². The van der Waals surface area contributed by atoms with Gasteiger partial charge in [-0.25, -0.2) is 14.4 Å². The predicted octanol–water partition coefficient (Wildman–Crippen LogP) is 4.55. The van der Waals surface area contributed by atoms with Gasteiger partial charge in [-0.05, 0) is 56.2 Å². The molecule has 0 aliphatic rings. The number of hydrogen-bond acceptors (Lipinski definition) is 8. The lowest BCUT2D eigenvalue weighted by atomic mass is 10.0. The highest BCUT2D eigenvalue weighted by atomic mass is 32.1. The van der Waals surface area contributed by atoms with E-state index < -0.39 is 17.7 Å². The molecule has 10 heteroatoms. The zero-order valence-corrected chi connectivity index (χ0v) is 20.8. The maximum absolute atomic E-state index is 14.2. The number of pyridine rings is 1. The van der Waals surface area contributed by atoms with Crippen molar-refractivity contribution in [1.29, 1.82) is 0 Å². The maximum Gasteiger partial charge on any atom is 0.255 e. The number of thiazole rings is 1. The van der Waals surface area contributed by atoms with E-state index in [1.54, 1.807) is 11.6 Å². The third-order valence-electron chi connectivity index (χ3n) is 5.57. The van der Waals surface area contributed by atoms with Gasteiger partial charge in [0.2, 0.25) is 0 Å². The highest BCUT2D eigenvalue weighted by molar-refractivity contribution is 7.16. The molecule has 1 atom stereocenters. The molecule has 4 aromatic rings. The van der Waals surface area contributed by atoms with Crippen LogP contribution in [0.25, 0.3) is 10.2 Å². The topological polar surface area (TPSA) is 119 Å². The smallest absolute Gasteiger partial charge is 0.255 e. The number of benzene rings is 2. The highest BCUT2D eigenvalue weighted by Crippen LogP contribution is 2.28. The van der Waals surface area contributed by atoms with Gasteiger partial charge in [0, 0.05) is 30.2 Å². The third kappa shape index (κ3) is 6.34. The van der Waals surface area contributed by atoms with E-state index in [2.05, 4.69) is 25.9 Å². The summed E-state index contributed by atoms with van der Waals surface area (Å²) in [4.78, 5) is 21.6. The summed E-state index contributed by atoms with van der Waals surface area (Å²) in [6.07, 6.45) is 0.282. The Morgan fingerprint density at radius 3 is 2.69 bits per heavy atom. The number of carbonyl (C=O) groups is 1. The van der Waals surface area contributed by atoms with E-state index >= 15 is 0 Å². The first-order valence-corrected chi connectivity index (χ1v) is 12.3. The van der Waals surface area contributed by atoms with Gasteiger partial charge in [-0.15, -0.1) is 11.3 Å². The summed E-state index contributed by atoms with van der Waals surface area (Å²) in [6.45, 7) is 2.38. The number of aliphatic hydroxyl groups excluding tert-OH is 1. The van der Waals surface area contributed by atoms with Gasteiger partial charge in [0.25, 0.3) is 5.91 Å². The van der Waals surface area contributed by atoms with E-state index in [4.69, 9.17) is 0 Å². The van der Waals surface area contributed by atoms with Gasteiger partial charge in [-0.1, -0.05) is 12.1 Å². The standard InChI is InChI=1S/C26H28FN5O3S/c1-26(2,35)23(27)14-29-25(34)19-13-28-24(32-18-6-7-20-22(11-18)36-15-30-20)12-21(19)31-17-5-3-4-16(10-17)8-9-33/h3-7,10-13,15,23,33,35H,8-9,14H2,1-2H3,(H,29,34)(H2,28,31,32). The van der Waals surface area contributed by atoms with E-state index in [0.717, 1.165) is 27.2 Å². The van der Waals surface area contributed by atoms with Crippen molar-refractivity contribution in [3.05, 3.63) is 71.4 Å². The molecule has 2 heterocycles. The Kier molecular flexibility index (Phi) is 7.78. The van der Waals surface area contributed by atoms with Crippen molar-refractivity contribution in [2.24, 2.45) is 0 Å². The Bertz CT molecular complexity index is 1350. The maximum atomic E-state index is 14.2. The molecule has 0 aliphatic heterocycles. The Labute approximate surface area is 212 Å². The van der Waals surface area contributed by atoms with Crippen LogP contribution in [0.2, 0.25) is 0 Å². The minimum atomic E-state index is -1.64. The second-order valence-corrected chi connectivity index (χ2v) is 9.79. The number of fused-ring (bicyclic) bond motifs is 1. The fourth-order valence-electron chi connectivity index (χ4n) is 3.51. The molecule has 36 heavy (non-hydrogen) atoms. The zero-order valence-electron chi connectivity index (χ0n) is 20.0. The van der Waals surface area contributed by atoms with Crippen LogP contribution in [0.5, 0.6) is 0 Å². The average Bonchev–Trinajstić information content (AvgIpc) is 3.30. The SMILES string of the molecule is CC(C)(O)C(F)CNC(=O)c1cnc(Nc2ccc3ncsc3c2)cc1Nc1cccc(CCO)c1. The molecule has 188 valence electrons. The van der Waals surface area contributed by atoms with Crippen LogP contribution in [0.4, 0.5) is 27.3 Å². The molecule has 0 radical (unpaired) electrons. The second kappa shape index (κ2) is 11.0. The Morgan fingerprint density at radius 2 is 1.92 bits per heavy atom. The average molecular weight is 510 g/mol. The number of halogens is 1.